The van der Waals surface area contributed by atoms with Crippen LogP contribution in [0.2, 0.25) is 0 Å². The Kier molecular flexibility index (Phi) is 22.7. The second kappa shape index (κ2) is 24.8. The number of likely N-dealkylation sites (N-methyl/N-ethyl adjacent to an activating group) is 1. The van der Waals surface area contributed by atoms with Crippen molar-refractivity contribution in [3.63, 3.8) is 0 Å². The van der Waals surface area contributed by atoms with Gasteiger partial charge in [0.05, 0.1) is 26.8 Å². The van der Waals surface area contributed by atoms with E-state index in [9.17, 15) is 9.69 Å². The zero-order valence-corrected chi connectivity index (χ0v) is 25.2. The van der Waals surface area contributed by atoms with Crippen LogP contribution < -0.4 is 10.1 Å². The molecule has 220 valence electrons. The van der Waals surface area contributed by atoms with Gasteiger partial charge < -0.3 is 28.7 Å². The Morgan fingerprint density at radius 3 is 2.16 bits per heavy atom. The minimum Gasteiger partial charge on any atom is -0.494 e. The fourth-order valence-corrected chi connectivity index (χ4v) is 4.75. The van der Waals surface area contributed by atoms with E-state index in [1.54, 1.807) is 0 Å². The van der Waals surface area contributed by atoms with Crippen molar-refractivity contribution in [3.8, 4) is 5.75 Å². The number of benzene rings is 1. The topological polar surface area (TPSA) is 90.8 Å². The van der Waals surface area contributed by atoms with Gasteiger partial charge in [-0.15, -0.1) is 0 Å². The summed E-state index contributed by atoms with van der Waals surface area (Å²) in [5.41, 5.74) is 1.22. The molecule has 0 spiro atoms. The molecule has 0 aromatic heterocycles. The average molecular weight is 557 g/mol. The van der Waals surface area contributed by atoms with Crippen LogP contribution >= 0.6 is 8.60 Å². The molecule has 7 nitrogen and oxygen atoms in total. The first kappa shape index (κ1) is 34.8. The van der Waals surface area contributed by atoms with Crippen LogP contribution in [0.5, 0.6) is 5.75 Å². The molecule has 0 bridgehead atoms. The maximum Gasteiger partial charge on any atom is 0.330 e. The van der Waals surface area contributed by atoms with E-state index in [0.717, 1.165) is 44.6 Å². The highest BCUT2D eigenvalue weighted by atomic mass is 31.2. The summed E-state index contributed by atoms with van der Waals surface area (Å²) in [6, 6.07) is 8.29. The van der Waals surface area contributed by atoms with E-state index in [2.05, 4.69) is 19.1 Å². The maximum atomic E-state index is 12.0. The molecule has 1 aromatic rings. The van der Waals surface area contributed by atoms with Gasteiger partial charge in [-0.3, -0.25) is 4.79 Å². The van der Waals surface area contributed by atoms with Crippen LogP contribution in [0.4, 0.5) is 0 Å². The Hall–Kier alpha value is -1.24. The molecule has 2 unspecified atom stereocenters. The van der Waals surface area contributed by atoms with Crippen molar-refractivity contribution >= 4 is 14.6 Å². The number of hydrogen-bond donors (Lipinski definition) is 2. The van der Waals surface area contributed by atoms with Gasteiger partial charge in [0.2, 0.25) is 0 Å². The normalized spacial score (nSPS) is 12.8. The van der Waals surface area contributed by atoms with E-state index < -0.39 is 14.7 Å². The molecule has 0 heterocycles. The molecule has 1 aromatic carbocycles. The molecular weight excluding hydrogens is 501 g/mol. The predicted octanol–water partition coefficient (Wildman–Crippen LogP) is 6.47. The van der Waals surface area contributed by atoms with Crippen molar-refractivity contribution in [2.45, 2.75) is 116 Å². The lowest BCUT2D eigenvalue weighted by atomic mass is 10.1. The zero-order chi connectivity index (χ0) is 27.7. The van der Waals surface area contributed by atoms with Crippen LogP contribution in [0.25, 0.3) is 0 Å². The quantitative estimate of drug-likeness (QED) is 0.0773. The SMILES string of the molecule is CCCCCCCCCCCCOc1ccc(CCCC(COP(O)OCC[NH2+]C)OC(=O)CCC)cc1. The number of nitrogens with two attached hydrogens (primary N) is 1. The van der Waals surface area contributed by atoms with E-state index in [0.29, 0.717) is 19.4 Å². The molecule has 8 heteroatoms. The molecule has 0 fully saturated rings. The van der Waals surface area contributed by atoms with Gasteiger partial charge in [0.25, 0.3) is 0 Å². The van der Waals surface area contributed by atoms with Crippen molar-refractivity contribution in [1.29, 1.82) is 0 Å². The number of esters is 1. The molecule has 0 saturated heterocycles. The third-order valence-corrected chi connectivity index (χ3v) is 7.19. The van der Waals surface area contributed by atoms with Crippen molar-refractivity contribution in [1.82, 2.24) is 0 Å². The first-order valence-electron chi connectivity index (χ1n) is 15.0. The van der Waals surface area contributed by atoms with Crippen molar-refractivity contribution < 1.29 is 33.5 Å². The van der Waals surface area contributed by atoms with Gasteiger partial charge in [0, 0.05) is 6.42 Å². The number of aryl methyl sites for hydroxylation is 1. The number of carbonyl (C=O) groups is 1. The summed E-state index contributed by atoms with van der Waals surface area (Å²) >= 11 is 0. The Labute approximate surface area is 233 Å². The van der Waals surface area contributed by atoms with E-state index in [4.69, 9.17) is 18.5 Å². The zero-order valence-electron chi connectivity index (χ0n) is 24.3. The smallest absolute Gasteiger partial charge is 0.330 e. The highest BCUT2D eigenvalue weighted by molar-refractivity contribution is 7.40. The second-order valence-electron chi connectivity index (χ2n) is 9.99. The standard InChI is InChI=1S/C30H54NO6P/c1-4-6-7-8-9-10-11-12-13-14-24-34-28-21-19-27(20-22-28)17-15-18-29(37-30(32)16-5-2)26-36-38(33)35-25-23-31-3/h19-22,29,31,33H,4-18,23-26H2,1-3H3/p+1. The molecule has 0 radical (unpaired) electrons. The van der Waals surface area contributed by atoms with Crippen LogP contribution in [0.3, 0.4) is 0 Å². The summed E-state index contributed by atoms with van der Waals surface area (Å²) in [6.07, 6.45) is 16.4. The maximum absolute atomic E-state index is 12.0. The largest absolute Gasteiger partial charge is 0.494 e. The van der Waals surface area contributed by atoms with Gasteiger partial charge in [0.1, 0.15) is 18.5 Å². The highest BCUT2D eigenvalue weighted by Gasteiger charge is 2.18. The van der Waals surface area contributed by atoms with Crippen molar-refractivity contribution in [3.05, 3.63) is 29.8 Å². The minimum absolute atomic E-state index is 0.138. The first-order chi connectivity index (χ1) is 18.6. The van der Waals surface area contributed by atoms with Gasteiger partial charge in [-0.25, -0.2) is 0 Å². The molecule has 0 aliphatic rings. The van der Waals surface area contributed by atoms with Crippen molar-refractivity contribution in [2.24, 2.45) is 0 Å². The van der Waals surface area contributed by atoms with Crippen molar-refractivity contribution in [2.75, 3.05) is 33.4 Å². The van der Waals surface area contributed by atoms with Crippen LogP contribution in [-0.2, 0) is 25.0 Å². The fourth-order valence-electron chi connectivity index (χ4n) is 4.12. The number of carbonyl (C=O) groups excluding carboxylic acids is 1. The van der Waals surface area contributed by atoms with Gasteiger partial charge in [-0.1, -0.05) is 83.8 Å². The molecule has 1 rings (SSSR count). The Morgan fingerprint density at radius 2 is 1.53 bits per heavy atom. The van der Waals surface area contributed by atoms with Gasteiger partial charge in [-0.2, -0.15) is 0 Å². The summed E-state index contributed by atoms with van der Waals surface area (Å²) in [7, 11) is -0.0218. The average Bonchev–Trinajstić information content (AvgIpc) is 2.91. The van der Waals surface area contributed by atoms with E-state index in [-0.39, 0.29) is 12.6 Å². The first-order valence-corrected chi connectivity index (χ1v) is 16.2. The molecule has 0 amide bonds. The number of ether oxygens (including phenoxy) is 2. The van der Waals surface area contributed by atoms with E-state index in [1.807, 2.05) is 31.4 Å². The third kappa shape index (κ3) is 19.8. The monoisotopic (exact) mass is 556 g/mol. The molecule has 2 atom stereocenters. The molecule has 38 heavy (non-hydrogen) atoms. The van der Waals surface area contributed by atoms with Crippen LogP contribution in [0, 0.1) is 0 Å². The van der Waals surface area contributed by atoms with E-state index >= 15 is 0 Å². The Morgan fingerprint density at radius 1 is 0.868 bits per heavy atom. The summed E-state index contributed by atoms with van der Waals surface area (Å²) in [5.74, 6) is 0.690. The predicted molar refractivity (Wildman–Crippen MR) is 155 cm³/mol. The van der Waals surface area contributed by atoms with Gasteiger partial charge >= 0.3 is 14.6 Å². The number of rotatable bonds is 26. The number of quaternary nitrogens is 1. The lowest BCUT2D eigenvalue weighted by Gasteiger charge is -2.19. The third-order valence-electron chi connectivity index (χ3n) is 6.41. The molecular formula is C30H55NO6P+. The summed E-state index contributed by atoms with van der Waals surface area (Å²) in [4.78, 5) is 21.9. The van der Waals surface area contributed by atoms with E-state index in [1.165, 1.54) is 63.4 Å². The van der Waals surface area contributed by atoms with Crippen LogP contribution in [0.15, 0.2) is 24.3 Å². The molecule has 0 aliphatic carbocycles. The second-order valence-corrected chi connectivity index (χ2v) is 11.0. The van der Waals surface area contributed by atoms with Gasteiger partial charge in [-0.05, 0) is 49.8 Å². The Bertz CT molecular complexity index is 675. The Balaban J connectivity index is 2.25. The van der Waals surface area contributed by atoms with Crippen LogP contribution in [-0.4, -0.2) is 50.4 Å². The minimum atomic E-state index is -1.96. The molecule has 0 aliphatic heterocycles. The summed E-state index contributed by atoms with van der Waals surface area (Å²) < 4.78 is 22.2. The molecule has 0 saturated carbocycles. The number of unbranched alkanes of at least 4 members (excludes halogenated alkanes) is 9. The highest BCUT2D eigenvalue weighted by Crippen LogP contribution is 2.33. The summed E-state index contributed by atoms with van der Waals surface area (Å²) in [5, 5.41) is 1.97. The number of hydrogen-bond acceptors (Lipinski definition) is 6. The van der Waals surface area contributed by atoms with Gasteiger partial charge in [0.15, 0.2) is 0 Å². The lowest BCUT2D eigenvalue weighted by molar-refractivity contribution is -0.627. The molecule has 3 N–H and O–H groups in total. The van der Waals surface area contributed by atoms with Crippen LogP contribution in [0.1, 0.15) is 109 Å². The lowest BCUT2D eigenvalue weighted by Crippen LogP contribution is -2.80. The fraction of sp³-hybridized carbons (Fsp3) is 0.767. The summed E-state index contributed by atoms with van der Waals surface area (Å²) in [6.45, 7) is 6.29.